The van der Waals surface area contributed by atoms with Crippen molar-refractivity contribution in [3.8, 4) is 0 Å². The molecule has 2 unspecified atom stereocenters. The number of hydrogen-bond donors (Lipinski definition) is 3. The van der Waals surface area contributed by atoms with Crippen LogP contribution in [0.25, 0.3) is 0 Å². The van der Waals surface area contributed by atoms with Gasteiger partial charge in [-0.15, -0.1) is 0 Å². The largest absolute Gasteiger partial charge is 0.394 e. The van der Waals surface area contributed by atoms with Crippen molar-refractivity contribution in [3.63, 3.8) is 0 Å². The van der Waals surface area contributed by atoms with E-state index in [4.69, 9.17) is 11.6 Å². The van der Waals surface area contributed by atoms with Crippen LogP contribution in [0.2, 0.25) is 5.02 Å². The molecule has 0 bridgehead atoms. The third-order valence-corrected chi connectivity index (χ3v) is 8.13. The number of aliphatic hydroxyl groups excluding tert-OH is 2. The normalized spacial score (nSPS) is 21.6. The average Bonchev–Trinajstić information content (AvgIpc) is 3.35. The number of aryl methyl sites for hydroxylation is 3. The lowest BCUT2D eigenvalue weighted by atomic mass is 9.82. The first kappa shape index (κ1) is 24.9. The molecule has 0 radical (unpaired) electrons. The van der Waals surface area contributed by atoms with Crippen LogP contribution in [0, 0.1) is 32.6 Å². The Balaban J connectivity index is 1.39. The Hall–Kier alpha value is -2.19. The molecule has 3 heterocycles. The number of fused-ring (bicyclic) bond motifs is 1. The van der Waals surface area contributed by atoms with E-state index in [1.807, 2.05) is 49.9 Å². The second-order valence-electron chi connectivity index (χ2n) is 9.78. The van der Waals surface area contributed by atoms with Gasteiger partial charge in [0, 0.05) is 55.5 Å². The van der Waals surface area contributed by atoms with Crippen molar-refractivity contribution in [3.05, 3.63) is 57.9 Å². The van der Waals surface area contributed by atoms with Crippen LogP contribution >= 0.6 is 11.6 Å². The quantitative estimate of drug-likeness (QED) is 0.497. The van der Waals surface area contributed by atoms with Crippen LogP contribution in [-0.4, -0.2) is 82.4 Å². The second-order valence-corrected chi connectivity index (χ2v) is 10.2. The number of nitrogens with zero attached hydrogens (tertiary/aromatic N) is 3. The van der Waals surface area contributed by atoms with Gasteiger partial charge >= 0.3 is 0 Å². The maximum absolute atomic E-state index is 13.3. The molecule has 1 aromatic heterocycles. The summed E-state index contributed by atoms with van der Waals surface area (Å²) < 4.78 is 0. The van der Waals surface area contributed by atoms with Crippen LogP contribution in [0.4, 0.5) is 5.69 Å². The lowest BCUT2D eigenvalue weighted by Crippen LogP contribution is -2.56. The number of hydrogen-bond acceptors (Lipinski definition) is 6. The zero-order valence-corrected chi connectivity index (χ0v) is 21.0. The topological polar surface area (TPSA) is 88.9 Å². The molecule has 1 aromatic carbocycles. The lowest BCUT2D eigenvalue weighted by Gasteiger charge is -2.40. The number of benzene rings is 1. The number of aromatic nitrogens is 1. The molecule has 184 valence electrons. The van der Waals surface area contributed by atoms with Gasteiger partial charge < -0.3 is 20.4 Å². The van der Waals surface area contributed by atoms with Crippen LogP contribution in [-0.2, 0) is 0 Å². The predicted molar refractivity (Wildman–Crippen MR) is 134 cm³/mol. The fraction of sp³-hybridized carbons (Fsp3) is 0.538. The number of pyridine rings is 1. The van der Waals surface area contributed by atoms with Crippen LogP contribution in [0.5, 0.6) is 0 Å². The number of carbonyl (C=O) groups is 1. The summed E-state index contributed by atoms with van der Waals surface area (Å²) >= 11 is 6.21. The fourth-order valence-electron chi connectivity index (χ4n) is 5.71. The number of aliphatic hydroxyl groups is 2. The highest BCUT2D eigenvalue weighted by molar-refractivity contribution is 6.31. The third kappa shape index (κ3) is 4.54. The maximum Gasteiger partial charge on any atom is 0.255 e. The molecular weight excluding hydrogens is 452 g/mol. The van der Waals surface area contributed by atoms with Crippen molar-refractivity contribution in [2.75, 3.05) is 51.3 Å². The molecule has 1 amide bonds. The second kappa shape index (κ2) is 10.2. The Morgan fingerprint density at radius 1 is 1.15 bits per heavy atom. The van der Waals surface area contributed by atoms with Crippen LogP contribution in [0.15, 0.2) is 30.5 Å². The zero-order chi connectivity index (χ0) is 24.5. The smallest absolute Gasteiger partial charge is 0.255 e. The monoisotopic (exact) mass is 486 g/mol. The van der Waals surface area contributed by atoms with Gasteiger partial charge in [-0.3, -0.25) is 14.7 Å². The SMILES string of the molecule is Cc1ccc(NCCCN2CC3CN(C(=O)c4c(C)ccnc4C)CC3C2(CO)CO)cc1Cl. The summed E-state index contributed by atoms with van der Waals surface area (Å²) in [5.74, 6) is 0.256. The Bertz CT molecular complexity index is 1020. The summed E-state index contributed by atoms with van der Waals surface area (Å²) in [6.45, 7) is 8.98. The zero-order valence-electron chi connectivity index (χ0n) is 20.2. The van der Waals surface area contributed by atoms with Gasteiger partial charge in [-0.1, -0.05) is 17.7 Å². The first-order valence-electron chi connectivity index (χ1n) is 12.0. The summed E-state index contributed by atoms with van der Waals surface area (Å²) in [6.07, 6.45) is 2.59. The van der Waals surface area contributed by atoms with E-state index in [-0.39, 0.29) is 31.0 Å². The molecule has 2 fully saturated rings. The van der Waals surface area contributed by atoms with E-state index in [2.05, 4.69) is 15.2 Å². The minimum Gasteiger partial charge on any atom is -0.394 e. The summed E-state index contributed by atoms with van der Waals surface area (Å²) in [7, 11) is 0. The van der Waals surface area contributed by atoms with E-state index in [0.717, 1.165) is 53.6 Å². The highest BCUT2D eigenvalue weighted by Crippen LogP contribution is 2.43. The van der Waals surface area contributed by atoms with Crippen molar-refractivity contribution >= 4 is 23.2 Å². The van der Waals surface area contributed by atoms with Gasteiger partial charge in [0.2, 0.25) is 0 Å². The number of anilines is 1. The molecule has 34 heavy (non-hydrogen) atoms. The van der Waals surface area contributed by atoms with Crippen molar-refractivity contribution < 1.29 is 15.0 Å². The fourth-order valence-corrected chi connectivity index (χ4v) is 5.89. The third-order valence-electron chi connectivity index (χ3n) is 7.72. The molecule has 2 aliphatic heterocycles. The van der Waals surface area contributed by atoms with E-state index in [0.29, 0.717) is 18.7 Å². The molecule has 2 atom stereocenters. The first-order valence-corrected chi connectivity index (χ1v) is 12.4. The molecule has 0 aliphatic carbocycles. The van der Waals surface area contributed by atoms with E-state index < -0.39 is 5.54 Å². The average molecular weight is 487 g/mol. The summed E-state index contributed by atoms with van der Waals surface area (Å²) in [5.41, 5.74) is 3.65. The number of rotatable bonds is 8. The molecule has 0 spiro atoms. The Morgan fingerprint density at radius 3 is 2.59 bits per heavy atom. The van der Waals surface area contributed by atoms with Gasteiger partial charge in [0.15, 0.2) is 0 Å². The number of nitrogens with one attached hydrogen (secondary N) is 1. The van der Waals surface area contributed by atoms with Crippen molar-refractivity contribution in [2.45, 2.75) is 32.7 Å². The van der Waals surface area contributed by atoms with E-state index in [1.165, 1.54) is 0 Å². The molecule has 2 aliphatic rings. The van der Waals surface area contributed by atoms with Gasteiger partial charge in [0.05, 0.1) is 30.0 Å². The van der Waals surface area contributed by atoms with Gasteiger partial charge in [0.25, 0.3) is 5.91 Å². The number of carbonyl (C=O) groups excluding carboxylic acids is 1. The first-order chi connectivity index (χ1) is 16.3. The van der Waals surface area contributed by atoms with Gasteiger partial charge in [-0.2, -0.15) is 0 Å². The Kier molecular flexibility index (Phi) is 7.48. The van der Waals surface area contributed by atoms with E-state index in [9.17, 15) is 15.0 Å². The van der Waals surface area contributed by atoms with E-state index >= 15 is 0 Å². The van der Waals surface area contributed by atoms with Crippen molar-refractivity contribution in [1.29, 1.82) is 0 Å². The molecule has 4 rings (SSSR count). The Morgan fingerprint density at radius 2 is 1.91 bits per heavy atom. The molecule has 0 saturated carbocycles. The summed E-state index contributed by atoms with van der Waals surface area (Å²) in [6, 6.07) is 7.81. The van der Waals surface area contributed by atoms with Gasteiger partial charge in [-0.25, -0.2) is 0 Å². The van der Waals surface area contributed by atoms with Gasteiger partial charge in [0.1, 0.15) is 0 Å². The van der Waals surface area contributed by atoms with E-state index in [1.54, 1.807) is 6.20 Å². The Labute approximate surface area is 206 Å². The molecule has 2 aromatic rings. The number of likely N-dealkylation sites (tertiary alicyclic amines) is 2. The molecule has 7 nitrogen and oxygen atoms in total. The summed E-state index contributed by atoms with van der Waals surface area (Å²) in [5, 5.41) is 25.0. The number of halogens is 1. The van der Waals surface area contributed by atoms with Crippen LogP contribution < -0.4 is 5.32 Å². The lowest BCUT2D eigenvalue weighted by molar-refractivity contribution is -0.0140. The molecular formula is C26H35ClN4O3. The standard InChI is InChI=1S/C26H35ClN4O3/c1-17-5-6-21(11-23(17)27)29-8-4-10-31-13-20-12-30(14-22(20)26(31,15-32)16-33)25(34)24-18(2)7-9-28-19(24)3/h5-7,9,11,20,22,29,32-33H,4,8,10,12-16H2,1-3H3. The number of amides is 1. The molecule has 2 saturated heterocycles. The molecule has 3 N–H and O–H groups in total. The highest BCUT2D eigenvalue weighted by Gasteiger charge is 2.56. The minimum atomic E-state index is -0.716. The maximum atomic E-state index is 13.3. The van der Waals surface area contributed by atoms with Gasteiger partial charge in [-0.05, 0) is 62.4 Å². The van der Waals surface area contributed by atoms with Crippen molar-refractivity contribution in [2.24, 2.45) is 11.8 Å². The van der Waals surface area contributed by atoms with Crippen molar-refractivity contribution in [1.82, 2.24) is 14.8 Å². The minimum absolute atomic E-state index is 0.00483. The summed E-state index contributed by atoms with van der Waals surface area (Å²) in [4.78, 5) is 21.7. The predicted octanol–water partition coefficient (Wildman–Crippen LogP) is 2.89. The molecule has 8 heteroatoms. The van der Waals surface area contributed by atoms with Crippen LogP contribution in [0.3, 0.4) is 0 Å². The van der Waals surface area contributed by atoms with Crippen LogP contribution in [0.1, 0.15) is 33.6 Å². The highest BCUT2D eigenvalue weighted by atomic mass is 35.5.